The van der Waals surface area contributed by atoms with Gasteiger partial charge < -0.3 is 20.1 Å². The van der Waals surface area contributed by atoms with Gasteiger partial charge in [-0.25, -0.2) is 0 Å². The van der Waals surface area contributed by atoms with Gasteiger partial charge in [0.2, 0.25) is 0 Å². The fourth-order valence-electron chi connectivity index (χ4n) is 3.69. The molecule has 184 valence electrons. The van der Waals surface area contributed by atoms with Crippen molar-refractivity contribution in [3.8, 4) is 11.5 Å². The van der Waals surface area contributed by atoms with Crippen LogP contribution in [0.4, 0.5) is 11.4 Å². The highest BCUT2D eigenvalue weighted by molar-refractivity contribution is 6.48. The molecule has 3 aromatic rings. The van der Waals surface area contributed by atoms with E-state index in [-0.39, 0.29) is 23.2 Å². The van der Waals surface area contributed by atoms with Crippen LogP contribution >= 0.6 is 11.6 Å². The Morgan fingerprint density at radius 3 is 2.31 bits per heavy atom. The van der Waals surface area contributed by atoms with Gasteiger partial charge in [-0.05, 0) is 48.4 Å². The molecule has 2 N–H and O–H groups in total. The number of nitrogens with zero attached hydrogens (tertiary/aromatic N) is 1. The maximum atomic E-state index is 12.9. The largest absolute Gasteiger partial charge is 0.497 e. The second kappa shape index (κ2) is 11.0. The lowest BCUT2D eigenvalue weighted by molar-refractivity contribution is -0.137. The van der Waals surface area contributed by atoms with Gasteiger partial charge >= 0.3 is 0 Å². The molecule has 4 rings (SSSR count). The topological polar surface area (TPSA) is 97.0 Å². The fourth-order valence-corrected chi connectivity index (χ4v) is 3.92. The van der Waals surface area contributed by atoms with Gasteiger partial charge in [-0.2, -0.15) is 0 Å². The molecule has 1 heterocycles. The molecular formula is C27H24ClN3O5. The molecule has 9 heteroatoms. The number of hydrogen-bond acceptors (Lipinski definition) is 6. The Kier molecular flexibility index (Phi) is 7.56. The average molecular weight is 506 g/mol. The first kappa shape index (κ1) is 24.8. The molecule has 0 unspecified atom stereocenters. The van der Waals surface area contributed by atoms with E-state index in [4.69, 9.17) is 21.1 Å². The fraction of sp³-hybridized carbons (Fsp3) is 0.148. The minimum atomic E-state index is -0.537. The summed E-state index contributed by atoms with van der Waals surface area (Å²) >= 11 is 6.19. The summed E-state index contributed by atoms with van der Waals surface area (Å²) in [5, 5.41) is 5.55. The van der Waals surface area contributed by atoms with Crippen LogP contribution in [-0.4, -0.2) is 43.4 Å². The molecule has 1 aliphatic heterocycles. The SMILES string of the molecule is COc1ccc(NC(=O)c2ccc(NC3=C(Cl)C(=O)N(CCc4ccccc4)C3=O)cc2)c(OC)c1. The van der Waals surface area contributed by atoms with E-state index in [2.05, 4.69) is 10.6 Å². The molecular weight excluding hydrogens is 482 g/mol. The first-order chi connectivity index (χ1) is 17.4. The highest BCUT2D eigenvalue weighted by Crippen LogP contribution is 2.30. The molecule has 0 bridgehead atoms. The van der Waals surface area contributed by atoms with Crippen molar-refractivity contribution >= 4 is 40.7 Å². The zero-order valence-electron chi connectivity index (χ0n) is 19.7. The molecule has 0 fully saturated rings. The van der Waals surface area contributed by atoms with Crippen LogP contribution in [-0.2, 0) is 16.0 Å². The number of carbonyl (C=O) groups excluding carboxylic acids is 3. The average Bonchev–Trinajstić information content (AvgIpc) is 3.11. The van der Waals surface area contributed by atoms with Crippen molar-refractivity contribution in [2.75, 3.05) is 31.4 Å². The predicted octanol–water partition coefficient (Wildman–Crippen LogP) is 4.43. The third kappa shape index (κ3) is 5.34. The van der Waals surface area contributed by atoms with Crippen LogP contribution in [0.15, 0.2) is 83.5 Å². The Hall–Kier alpha value is -4.30. The standard InChI is InChI=1S/C27H24ClN3O5/c1-35-20-12-13-21(22(16-20)36-2)30-25(32)18-8-10-19(11-9-18)29-24-23(28)26(33)31(27(24)34)15-14-17-6-4-3-5-7-17/h3-13,16,29H,14-15H2,1-2H3,(H,30,32). The summed E-state index contributed by atoms with van der Waals surface area (Å²) in [6, 6.07) is 21.1. The quantitative estimate of drug-likeness (QED) is 0.418. The number of carbonyl (C=O) groups is 3. The second-order valence-corrected chi connectivity index (χ2v) is 8.29. The number of rotatable bonds is 9. The number of nitrogens with one attached hydrogen (secondary N) is 2. The first-order valence-electron chi connectivity index (χ1n) is 11.1. The van der Waals surface area contributed by atoms with Crippen molar-refractivity contribution in [3.63, 3.8) is 0 Å². The Morgan fingerprint density at radius 2 is 1.64 bits per heavy atom. The maximum Gasteiger partial charge on any atom is 0.278 e. The number of halogens is 1. The summed E-state index contributed by atoms with van der Waals surface area (Å²) in [5.41, 5.74) is 2.41. The van der Waals surface area contributed by atoms with E-state index in [1.54, 1.807) is 49.6 Å². The summed E-state index contributed by atoms with van der Waals surface area (Å²) < 4.78 is 10.5. The number of imide groups is 1. The van der Waals surface area contributed by atoms with Crippen LogP contribution in [0.25, 0.3) is 0 Å². The van der Waals surface area contributed by atoms with E-state index in [9.17, 15) is 14.4 Å². The van der Waals surface area contributed by atoms with E-state index in [0.717, 1.165) is 10.5 Å². The third-order valence-electron chi connectivity index (χ3n) is 5.65. The monoisotopic (exact) mass is 505 g/mol. The van der Waals surface area contributed by atoms with E-state index in [1.165, 1.54) is 7.11 Å². The Labute approximate surface area is 213 Å². The molecule has 0 aliphatic carbocycles. The number of anilines is 2. The molecule has 0 spiro atoms. The zero-order chi connectivity index (χ0) is 25.7. The Balaban J connectivity index is 1.40. The first-order valence-corrected chi connectivity index (χ1v) is 11.5. The van der Waals surface area contributed by atoms with Gasteiger partial charge in [-0.3, -0.25) is 19.3 Å². The summed E-state index contributed by atoms with van der Waals surface area (Å²) in [6.45, 7) is 0.219. The van der Waals surface area contributed by atoms with Crippen molar-refractivity contribution in [2.45, 2.75) is 6.42 Å². The molecule has 1 aliphatic rings. The van der Waals surface area contributed by atoms with Crippen LogP contribution in [0.5, 0.6) is 11.5 Å². The molecule has 3 aromatic carbocycles. The molecule has 0 aromatic heterocycles. The van der Waals surface area contributed by atoms with Crippen LogP contribution < -0.4 is 20.1 Å². The zero-order valence-corrected chi connectivity index (χ0v) is 20.5. The molecule has 0 saturated carbocycles. The van der Waals surface area contributed by atoms with Gasteiger partial charge in [0.25, 0.3) is 17.7 Å². The lowest BCUT2D eigenvalue weighted by Gasteiger charge is -2.15. The van der Waals surface area contributed by atoms with Gasteiger partial charge in [0.15, 0.2) is 0 Å². The molecule has 8 nitrogen and oxygen atoms in total. The van der Waals surface area contributed by atoms with E-state index < -0.39 is 11.8 Å². The summed E-state index contributed by atoms with van der Waals surface area (Å²) in [4.78, 5) is 39.2. The maximum absolute atomic E-state index is 12.9. The highest BCUT2D eigenvalue weighted by Gasteiger charge is 2.37. The molecule has 0 saturated heterocycles. The molecule has 3 amide bonds. The predicted molar refractivity (Wildman–Crippen MR) is 137 cm³/mol. The summed E-state index contributed by atoms with van der Waals surface area (Å²) in [7, 11) is 3.05. The number of ether oxygens (including phenoxy) is 2. The highest BCUT2D eigenvalue weighted by atomic mass is 35.5. The molecule has 0 radical (unpaired) electrons. The van der Waals surface area contributed by atoms with Crippen LogP contribution in [0.2, 0.25) is 0 Å². The van der Waals surface area contributed by atoms with Crippen molar-refractivity contribution in [3.05, 3.63) is 94.7 Å². The third-order valence-corrected chi connectivity index (χ3v) is 6.00. The lowest BCUT2D eigenvalue weighted by Crippen LogP contribution is -2.34. The molecule has 36 heavy (non-hydrogen) atoms. The van der Waals surface area contributed by atoms with Gasteiger partial charge in [0.05, 0.1) is 19.9 Å². The second-order valence-electron chi connectivity index (χ2n) is 7.91. The van der Waals surface area contributed by atoms with Gasteiger partial charge in [0, 0.05) is 23.9 Å². The number of benzene rings is 3. The normalized spacial score (nSPS) is 13.1. The van der Waals surface area contributed by atoms with Crippen LogP contribution in [0.1, 0.15) is 15.9 Å². The van der Waals surface area contributed by atoms with Crippen molar-refractivity contribution in [1.82, 2.24) is 4.90 Å². The summed E-state index contributed by atoms with van der Waals surface area (Å²) in [5.74, 6) is -0.309. The summed E-state index contributed by atoms with van der Waals surface area (Å²) in [6.07, 6.45) is 0.526. The minimum Gasteiger partial charge on any atom is -0.497 e. The Bertz CT molecular complexity index is 1320. The molecule has 0 atom stereocenters. The number of methoxy groups -OCH3 is 2. The van der Waals surface area contributed by atoms with Crippen molar-refractivity contribution in [2.24, 2.45) is 0 Å². The van der Waals surface area contributed by atoms with Crippen LogP contribution in [0, 0.1) is 0 Å². The van der Waals surface area contributed by atoms with Gasteiger partial charge in [-0.15, -0.1) is 0 Å². The van der Waals surface area contributed by atoms with E-state index in [0.29, 0.717) is 34.9 Å². The Morgan fingerprint density at radius 1 is 0.917 bits per heavy atom. The van der Waals surface area contributed by atoms with Gasteiger partial charge in [-0.1, -0.05) is 41.9 Å². The lowest BCUT2D eigenvalue weighted by atomic mass is 10.1. The smallest absolute Gasteiger partial charge is 0.278 e. The minimum absolute atomic E-state index is 0.00917. The van der Waals surface area contributed by atoms with E-state index >= 15 is 0 Å². The van der Waals surface area contributed by atoms with Gasteiger partial charge in [0.1, 0.15) is 22.2 Å². The van der Waals surface area contributed by atoms with E-state index in [1.807, 2.05) is 30.3 Å². The van der Waals surface area contributed by atoms with Crippen LogP contribution in [0.3, 0.4) is 0 Å². The number of hydrogen-bond donors (Lipinski definition) is 2. The van der Waals surface area contributed by atoms with Crippen molar-refractivity contribution < 1.29 is 23.9 Å². The van der Waals surface area contributed by atoms with Crippen molar-refractivity contribution in [1.29, 1.82) is 0 Å². The number of amides is 3.